The van der Waals surface area contributed by atoms with Crippen LogP contribution in [0.5, 0.6) is 0 Å². The lowest BCUT2D eigenvalue weighted by Gasteiger charge is -2.34. The highest BCUT2D eigenvalue weighted by atomic mass is 127. The minimum Gasteiger partial charge on any atom is -0.381 e. The summed E-state index contributed by atoms with van der Waals surface area (Å²) in [4.78, 5) is 10.1. The van der Waals surface area contributed by atoms with Crippen molar-refractivity contribution in [3.63, 3.8) is 0 Å². The molecule has 2 atom stereocenters. The van der Waals surface area contributed by atoms with Gasteiger partial charge in [0, 0.05) is 44.7 Å². The molecule has 30 heavy (non-hydrogen) atoms. The van der Waals surface area contributed by atoms with Gasteiger partial charge in [-0.1, -0.05) is 29.8 Å². The predicted molar refractivity (Wildman–Crippen MR) is 132 cm³/mol. The molecular weight excluding hydrogens is 491 g/mol. The maximum absolute atomic E-state index is 5.71. The van der Waals surface area contributed by atoms with Crippen LogP contribution in [0.4, 0.5) is 0 Å². The Morgan fingerprint density at radius 2 is 2.00 bits per heavy atom. The van der Waals surface area contributed by atoms with E-state index in [0.717, 1.165) is 71.7 Å². The molecule has 0 bridgehead atoms. The van der Waals surface area contributed by atoms with Gasteiger partial charge >= 0.3 is 0 Å². The number of guanidine groups is 1. The zero-order chi connectivity index (χ0) is 20.1. The molecule has 3 fully saturated rings. The number of aryl methyl sites for hydroxylation is 1. The Hall–Kier alpha value is -0.900. The quantitative estimate of drug-likeness (QED) is 0.362. The smallest absolute Gasteiger partial charge is 0.194 e. The Kier molecular flexibility index (Phi) is 8.80. The number of halogens is 1. The lowest BCUT2D eigenvalue weighted by Crippen LogP contribution is -2.43. The van der Waals surface area contributed by atoms with Gasteiger partial charge in [-0.2, -0.15) is 0 Å². The molecule has 1 aromatic rings. The van der Waals surface area contributed by atoms with Crippen molar-refractivity contribution in [3.8, 4) is 0 Å². The van der Waals surface area contributed by atoms with Crippen LogP contribution in [0.25, 0.3) is 0 Å². The largest absolute Gasteiger partial charge is 0.381 e. The minimum atomic E-state index is 0. The van der Waals surface area contributed by atoms with E-state index in [4.69, 9.17) is 14.5 Å². The minimum absolute atomic E-state index is 0. The average molecular weight is 528 g/mol. The van der Waals surface area contributed by atoms with E-state index in [-0.39, 0.29) is 24.0 Å². The van der Waals surface area contributed by atoms with Crippen LogP contribution in [0.1, 0.15) is 36.9 Å². The van der Waals surface area contributed by atoms with Gasteiger partial charge in [-0.3, -0.25) is 9.89 Å². The predicted octanol–water partition coefficient (Wildman–Crippen LogP) is 3.06. The number of nitrogens with zero attached hydrogens (tertiary/aromatic N) is 3. The van der Waals surface area contributed by atoms with Gasteiger partial charge in [0.25, 0.3) is 0 Å². The summed E-state index contributed by atoms with van der Waals surface area (Å²) in [5.41, 5.74) is 3.00. The Labute approximate surface area is 198 Å². The third-order valence-corrected chi connectivity index (χ3v) is 6.59. The van der Waals surface area contributed by atoms with E-state index < -0.39 is 0 Å². The van der Waals surface area contributed by atoms with Crippen LogP contribution < -0.4 is 5.32 Å². The molecule has 3 heterocycles. The fourth-order valence-electron chi connectivity index (χ4n) is 4.88. The number of rotatable bonds is 5. The molecule has 6 nitrogen and oxygen atoms in total. The van der Waals surface area contributed by atoms with Crippen molar-refractivity contribution in [2.45, 2.75) is 32.7 Å². The summed E-state index contributed by atoms with van der Waals surface area (Å²) < 4.78 is 11.3. The van der Waals surface area contributed by atoms with Gasteiger partial charge in [-0.15, -0.1) is 24.0 Å². The van der Waals surface area contributed by atoms with Gasteiger partial charge in [-0.05, 0) is 32.3 Å². The number of ether oxygens (including phenoxy) is 2. The lowest BCUT2D eigenvalue weighted by molar-refractivity contribution is 0.0179. The summed E-state index contributed by atoms with van der Waals surface area (Å²) in [7, 11) is 0. The fourth-order valence-corrected chi connectivity index (χ4v) is 4.88. The van der Waals surface area contributed by atoms with E-state index in [2.05, 4.69) is 53.2 Å². The van der Waals surface area contributed by atoms with Crippen molar-refractivity contribution in [3.05, 3.63) is 35.4 Å². The normalized spacial score (nSPS) is 26.1. The molecule has 3 saturated heterocycles. The molecule has 7 heteroatoms. The molecule has 4 rings (SSSR count). The third-order valence-electron chi connectivity index (χ3n) is 6.59. The third kappa shape index (κ3) is 5.66. The number of nitrogens with one attached hydrogen (secondary N) is 1. The maximum Gasteiger partial charge on any atom is 0.194 e. The van der Waals surface area contributed by atoms with Crippen LogP contribution >= 0.6 is 24.0 Å². The molecule has 168 valence electrons. The van der Waals surface area contributed by atoms with Crippen LogP contribution in [0.2, 0.25) is 0 Å². The molecule has 1 N–H and O–H groups in total. The topological polar surface area (TPSA) is 49.3 Å². The van der Waals surface area contributed by atoms with E-state index in [1.54, 1.807) is 0 Å². The van der Waals surface area contributed by atoms with Crippen molar-refractivity contribution in [1.29, 1.82) is 0 Å². The molecule has 3 aliphatic heterocycles. The first-order chi connectivity index (χ1) is 14.2. The number of hydrogen-bond donors (Lipinski definition) is 1. The van der Waals surface area contributed by atoms with Crippen molar-refractivity contribution in [2.75, 3.05) is 65.7 Å². The molecule has 0 aliphatic carbocycles. The molecule has 0 aromatic heterocycles. The van der Waals surface area contributed by atoms with Crippen LogP contribution in [0, 0.1) is 12.3 Å². The fraction of sp³-hybridized carbons (Fsp3) is 0.696. The molecule has 1 spiro atoms. The van der Waals surface area contributed by atoms with Crippen LogP contribution in [0.3, 0.4) is 0 Å². The molecule has 0 radical (unpaired) electrons. The Bertz CT molecular complexity index is 702. The van der Waals surface area contributed by atoms with E-state index >= 15 is 0 Å². The standard InChI is InChI=1S/C23H36N4O2.HI/c1-3-24-22(27-9-7-23(17-27)8-12-29-18-23)25-16-21(26-10-13-28-14-11-26)20-6-4-5-19(2)15-20;/h4-6,15,21H,3,7-14,16-18H2,1-2H3,(H,24,25);1H. The van der Waals surface area contributed by atoms with Crippen LogP contribution in [-0.2, 0) is 9.47 Å². The van der Waals surface area contributed by atoms with Crippen molar-refractivity contribution in [2.24, 2.45) is 10.4 Å². The maximum atomic E-state index is 5.71. The van der Waals surface area contributed by atoms with Crippen molar-refractivity contribution >= 4 is 29.9 Å². The van der Waals surface area contributed by atoms with E-state index in [1.807, 2.05) is 0 Å². The number of benzene rings is 1. The lowest BCUT2D eigenvalue weighted by atomic mass is 9.87. The molecule has 3 aliphatic rings. The van der Waals surface area contributed by atoms with E-state index in [9.17, 15) is 0 Å². The van der Waals surface area contributed by atoms with Gasteiger partial charge in [-0.25, -0.2) is 0 Å². The average Bonchev–Trinajstić information content (AvgIpc) is 3.38. The zero-order valence-corrected chi connectivity index (χ0v) is 20.8. The van der Waals surface area contributed by atoms with Gasteiger partial charge < -0.3 is 19.7 Å². The van der Waals surface area contributed by atoms with E-state index in [0.29, 0.717) is 11.5 Å². The molecule has 1 aromatic carbocycles. The van der Waals surface area contributed by atoms with Crippen molar-refractivity contribution in [1.82, 2.24) is 15.1 Å². The monoisotopic (exact) mass is 528 g/mol. The molecule has 0 saturated carbocycles. The van der Waals surface area contributed by atoms with Gasteiger partial charge in [0.15, 0.2) is 5.96 Å². The Morgan fingerprint density at radius 1 is 1.17 bits per heavy atom. The van der Waals surface area contributed by atoms with Gasteiger partial charge in [0.1, 0.15) is 0 Å². The number of hydrogen-bond acceptors (Lipinski definition) is 4. The van der Waals surface area contributed by atoms with Crippen molar-refractivity contribution < 1.29 is 9.47 Å². The summed E-state index contributed by atoms with van der Waals surface area (Å²) in [6.07, 6.45) is 2.39. The first-order valence-electron chi connectivity index (χ1n) is 11.2. The molecular formula is C23H37IN4O2. The Morgan fingerprint density at radius 3 is 2.70 bits per heavy atom. The summed E-state index contributed by atoms with van der Waals surface area (Å²) >= 11 is 0. The van der Waals surface area contributed by atoms with Crippen LogP contribution in [0.15, 0.2) is 29.3 Å². The molecule has 2 unspecified atom stereocenters. The number of aliphatic imine (C=N–C) groups is 1. The zero-order valence-electron chi connectivity index (χ0n) is 18.4. The first kappa shape index (κ1) is 23.8. The summed E-state index contributed by atoms with van der Waals surface area (Å²) in [5, 5.41) is 3.54. The second kappa shape index (κ2) is 11.1. The number of morpholine rings is 1. The number of likely N-dealkylation sites (tertiary alicyclic amines) is 1. The SMILES string of the molecule is CCNC(=NCC(c1cccc(C)c1)N1CCOCC1)N1CCC2(CCOC2)C1.I. The second-order valence-electron chi connectivity index (χ2n) is 8.75. The highest BCUT2D eigenvalue weighted by molar-refractivity contribution is 14.0. The van der Waals surface area contributed by atoms with Gasteiger partial charge in [0.05, 0.1) is 32.4 Å². The van der Waals surface area contributed by atoms with Crippen LogP contribution in [-0.4, -0.2) is 81.5 Å². The molecule has 0 amide bonds. The van der Waals surface area contributed by atoms with Gasteiger partial charge in [0.2, 0.25) is 0 Å². The highest BCUT2D eigenvalue weighted by Crippen LogP contribution is 2.38. The highest BCUT2D eigenvalue weighted by Gasteiger charge is 2.42. The second-order valence-corrected chi connectivity index (χ2v) is 8.75. The summed E-state index contributed by atoms with van der Waals surface area (Å²) in [6.45, 7) is 13.5. The van der Waals surface area contributed by atoms with E-state index in [1.165, 1.54) is 24.0 Å². The summed E-state index contributed by atoms with van der Waals surface area (Å²) in [5.74, 6) is 1.06. The summed E-state index contributed by atoms with van der Waals surface area (Å²) in [6, 6.07) is 9.18. The Balaban J connectivity index is 0.00000256. The first-order valence-corrected chi connectivity index (χ1v) is 11.2.